The Balaban J connectivity index is 2.00. The van der Waals surface area contributed by atoms with E-state index in [4.69, 9.17) is 5.73 Å². The normalized spacial score (nSPS) is 25.8. The molecule has 2 rings (SSSR count). The van der Waals surface area contributed by atoms with E-state index in [2.05, 4.69) is 22.0 Å². The molecule has 1 aliphatic rings. The number of hydrogen-bond donors (Lipinski definition) is 2. The predicted molar refractivity (Wildman–Crippen MR) is 60.6 cm³/mol. The van der Waals surface area contributed by atoms with Gasteiger partial charge >= 0.3 is 6.18 Å². The van der Waals surface area contributed by atoms with E-state index in [0.29, 0.717) is 30.7 Å². The van der Waals surface area contributed by atoms with Crippen LogP contribution in [0.15, 0.2) is 6.07 Å². The third-order valence-electron chi connectivity index (χ3n) is 3.42. The van der Waals surface area contributed by atoms with Crippen LogP contribution in [-0.2, 0) is 12.7 Å². The van der Waals surface area contributed by atoms with E-state index in [-0.39, 0.29) is 0 Å². The Labute approximate surface area is 103 Å². The molecule has 0 saturated carbocycles. The predicted octanol–water partition coefficient (Wildman–Crippen LogP) is 1.60. The molecule has 1 saturated heterocycles. The summed E-state index contributed by atoms with van der Waals surface area (Å²) in [5, 5.41) is 5.74. The minimum Gasteiger partial charge on any atom is -0.330 e. The third kappa shape index (κ3) is 2.84. The molecular weight excluding hydrogens is 245 g/mol. The molecule has 1 aliphatic heterocycles. The maximum absolute atomic E-state index is 12.4. The van der Waals surface area contributed by atoms with Crippen LogP contribution in [-0.4, -0.2) is 34.2 Å². The fraction of sp³-hybridized carbons (Fsp3) is 0.727. The molecule has 1 aromatic heterocycles. The molecule has 1 aromatic rings. The van der Waals surface area contributed by atoms with Crippen molar-refractivity contribution < 1.29 is 13.2 Å². The van der Waals surface area contributed by atoms with Crippen molar-refractivity contribution in [2.24, 2.45) is 11.7 Å². The highest BCUT2D eigenvalue weighted by molar-refractivity contribution is 5.11. The lowest BCUT2D eigenvalue weighted by Crippen LogP contribution is -2.27. The minimum absolute atomic E-state index is 0.344. The molecule has 2 atom stereocenters. The van der Waals surface area contributed by atoms with Crippen LogP contribution in [0, 0.1) is 5.92 Å². The standard InChI is InChI=1S/C11H17F3N4/c1-7-2-8(4-15)5-18(7)6-9-3-10(17-16-9)11(12,13)14/h3,7-8H,2,4-6,15H2,1H3,(H,16,17). The van der Waals surface area contributed by atoms with Crippen molar-refractivity contribution in [2.45, 2.75) is 32.1 Å². The van der Waals surface area contributed by atoms with Crippen LogP contribution in [0.1, 0.15) is 24.7 Å². The summed E-state index contributed by atoms with van der Waals surface area (Å²) < 4.78 is 37.2. The maximum Gasteiger partial charge on any atom is 0.435 e. The molecule has 2 heterocycles. The molecule has 0 aliphatic carbocycles. The number of rotatable bonds is 3. The summed E-state index contributed by atoms with van der Waals surface area (Å²) in [6, 6.07) is 1.42. The third-order valence-corrected chi connectivity index (χ3v) is 3.42. The fourth-order valence-corrected chi connectivity index (χ4v) is 2.42. The monoisotopic (exact) mass is 262 g/mol. The molecule has 0 aromatic carbocycles. The second-order valence-corrected chi connectivity index (χ2v) is 4.89. The van der Waals surface area contributed by atoms with Gasteiger partial charge in [0.15, 0.2) is 5.69 Å². The van der Waals surface area contributed by atoms with Gasteiger partial charge in [0, 0.05) is 24.8 Å². The smallest absolute Gasteiger partial charge is 0.330 e. The van der Waals surface area contributed by atoms with E-state index < -0.39 is 11.9 Å². The summed E-state index contributed by atoms with van der Waals surface area (Å²) in [7, 11) is 0. The van der Waals surface area contributed by atoms with Gasteiger partial charge in [-0.15, -0.1) is 0 Å². The number of aromatic nitrogens is 2. The topological polar surface area (TPSA) is 57.9 Å². The van der Waals surface area contributed by atoms with Crippen LogP contribution in [0.5, 0.6) is 0 Å². The molecule has 1 fully saturated rings. The van der Waals surface area contributed by atoms with Crippen molar-refractivity contribution in [3.8, 4) is 0 Å². The van der Waals surface area contributed by atoms with E-state index in [1.54, 1.807) is 0 Å². The number of hydrogen-bond acceptors (Lipinski definition) is 3. The summed E-state index contributed by atoms with van der Waals surface area (Å²) in [6.07, 6.45) is -3.39. The van der Waals surface area contributed by atoms with E-state index in [9.17, 15) is 13.2 Å². The summed E-state index contributed by atoms with van der Waals surface area (Å²) in [4.78, 5) is 2.13. The number of nitrogens with one attached hydrogen (secondary N) is 1. The summed E-state index contributed by atoms with van der Waals surface area (Å²) in [5.41, 5.74) is 5.25. The van der Waals surface area contributed by atoms with E-state index in [1.807, 2.05) is 0 Å². The number of likely N-dealkylation sites (tertiary alicyclic amines) is 1. The lowest BCUT2D eigenvalue weighted by atomic mass is 10.1. The zero-order chi connectivity index (χ0) is 13.3. The quantitative estimate of drug-likeness (QED) is 0.870. The van der Waals surface area contributed by atoms with Crippen LogP contribution >= 0.6 is 0 Å². The first-order valence-corrected chi connectivity index (χ1v) is 5.95. The molecule has 2 unspecified atom stereocenters. The van der Waals surface area contributed by atoms with Crippen LogP contribution < -0.4 is 5.73 Å². The van der Waals surface area contributed by atoms with Gasteiger partial charge in [0.05, 0.1) is 0 Å². The van der Waals surface area contributed by atoms with Gasteiger partial charge < -0.3 is 5.73 Å². The number of nitrogens with zero attached hydrogens (tertiary/aromatic N) is 2. The molecule has 0 amide bonds. The molecular formula is C11H17F3N4. The average molecular weight is 262 g/mol. The summed E-state index contributed by atoms with van der Waals surface area (Å²) in [5.74, 6) is 0.435. The van der Waals surface area contributed by atoms with Crippen molar-refractivity contribution in [3.05, 3.63) is 17.5 Å². The lowest BCUT2D eigenvalue weighted by Gasteiger charge is -2.19. The zero-order valence-electron chi connectivity index (χ0n) is 10.2. The molecule has 0 radical (unpaired) electrons. The van der Waals surface area contributed by atoms with Crippen molar-refractivity contribution in [1.82, 2.24) is 15.1 Å². The number of halogens is 3. The van der Waals surface area contributed by atoms with Crippen LogP contribution in [0.25, 0.3) is 0 Å². The van der Waals surface area contributed by atoms with Crippen molar-refractivity contribution in [1.29, 1.82) is 0 Å². The van der Waals surface area contributed by atoms with Gasteiger partial charge in [-0.3, -0.25) is 10.00 Å². The van der Waals surface area contributed by atoms with Gasteiger partial charge in [-0.2, -0.15) is 18.3 Å². The second kappa shape index (κ2) is 4.89. The fourth-order valence-electron chi connectivity index (χ4n) is 2.42. The lowest BCUT2D eigenvalue weighted by molar-refractivity contribution is -0.141. The Bertz CT molecular complexity index is 401. The van der Waals surface area contributed by atoms with Crippen LogP contribution in [0.3, 0.4) is 0 Å². The van der Waals surface area contributed by atoms with Crippen molar-refractivity contribution in [2.75, 3.05) is 13.1 Å². The minimum atomic E-state index is -4.38. The highest BCUT2D eigenvalue weighted by Gasteiger charge is 2.34. The van der Waals surface area contributed by atoms with Gasteiger partial charge in [0.1, 0.15) is 0 Å². The van der Waals surface area contributed by atoms with Crippen molar-refractivity contribution >= 4 is 0 Å². The maximum atomic E-state index is 12.4. The summed E-state index contributed by atoms with van der Waals surface area (Å²) in [6.45, 7) is 3.98. The molecule has 7 heteroatoms. The molecule has 4 nitrogen and oxygen atoms in total. The zero-order valence-corrected chi connectivity index (χ0v) is 10.2. The first-order valence-electron chi connectivity index (χ1n) is 5.95. The highest BCUT2D eigenvalue weighted by atomic mass is 19.4. The van der Waals surface area contributed by atoms with E-state index in [0.717, 1.165) is 19.0 Å². The number of nitrogens with two attached hydrogens (primary N) is 1. The Morgan fingerprint density at radius 3 is 2.78 bits per heavy atom. The van der Waals surface area contributed by atoms with Gasteiger partial charge in [0.25, 0.3) is 0 Å². The Kier molecular flexibility index (Phi) is 3.63. The number of H-pyrrole nitrogens is 1. The molecule has 0 bridgehead atoms. The Morgan fingerprint density at radius 1 is 1.56 bits per heavy atom. The highest BCUT2D eigenvalue weighted by Crippen LogP contribution is 2.29. The van der Waals surface area contributed by atoms with Gasteiger partial charge in [-0.25, -0.2) is 0 Å². The largest absolute Gasteiger partial charge is 0.435 e. The van der Waals surface area contributed by atoms with Gasteiger partial charge in [-0.05, 0) is 31.9 Å². The number of aromatic amines is 1. The Morgan fingerprint density at radius 2 is 2.28 bits per heavy atom. The molecule has 0 spiro atoms. The van der Waals surface area contributed by atoms with Crippen molar-refractivity contribution in [3.63, 3.8) is 0 Å². The van der Waals surface area contributed by atoms with Gasteiger partial charge in [0.2, 0.25) is 0 Å². The van der Waals surface area contributed by atoms with Crippen LogP contribution in [0.4, 0.5) is 13.2 Å². The molecule has 18 heavy (non-hydrogen) atoms. The van der Waals surface area contributed by atoms with Gasteiger partial charge in [-0.1, -0.05) is 0 Å². The average Bonchev–Trinajstić information content (AvgIpc) is 2.86. The number of alkyl halides is 3. The van der Waals surface area contributed by atoms with E-state index >= 15 is 0 Å². The first kappa shape index (κ1) is 13.4. The molecule has 102 valence electrons. The van der Waals surface area contributed by atoms with Crippen LogP contribution in [0.2, 0.25) is 0 Å². The first-order chi connectivity index (χ1) is 8.40. The van der Waals surface area contributed by atoms with E-state index in [1.165, 1.54) is 0 Å². The SMILES string of the molecule is CC1CC(CN)CN1Cc1cc(C(F)(F)F)n[nH]1. The second-order valence-electron chi connectivity index (χ2n) is 4.89. The molecule has 3 N–H and O–H groups in total. The Hall–Kier alpha value is -1.08. The summed E-state index contributed by atoms with van der Waals surface area (Å²) >= 11 is 0.